The van der Waals surface area contributed by atoms with Gasteiger partial charge in [0.05, 0.1) is 22.5 Å². The lowest BCUT2D eigenvalue weighted by Crippen LogP contribution is -2.31. The molecule has 3 aromatic rings. The SMILES string of the molecule is O=S1(=O)CCCN1c1cccc(CNc2nc3ccccc3nc2N2CCCCC2)c1. The number of hydrogen-bond donors (Lipinski definition) is 1. The van der Waals surface area contributed by atoms with Crippen LogP contribution in [0.3, 0.4) is 0 Å². The van der Waals surface area contributed by atoms with Crippen molar-refractivity contribution in [3.63, 3.8) is 0 Å². The highest BCUT2D eigenvalue weighted by molar-refractivity contribution is 7.93. The van der Waals surface area contributed by atoms with Gasteiger partial charge in [-0.1, -0.05) is 24.3 Å². The van der Waals surface area contributed by atoms with Gasteiger partial charge in [-0.3, -0.25) is 4.31 Å². The number of hydrogen-bond acceptors (Lipinski definition) is 6. The zero-order valence-electron chi connectivity index (χ0n) is 17.5. The first kappa shape index (κ1) is 20.1. The van der Waals surface area contributed by atoms with E-state index in [0.717, 1.165) is 47.0 Å². The number of aromatic nitrogens is 2. The Bertz CT molecular complexity index is 1190. The molecule has 0 unspecified atom stereocenters. The van der Waals surface area contributed by atoms with Crippen LogP contribution in [-0.4, -0.2) is 43.8 Å². The Hall–Kier alpha value is -2.87. The van der Waals surface area contributed by atoms with E-state index in [0.29, 0.717) is 19.5 Å². The average molecular weight is 438 g/mol. The maximum Gasteiger partial charge on any atom is 0.235 e. The number of piperidine rings is 1. The minimum absolute atomic E-state index is 0.224. The lowest BCUT2D eigenvalue weighted by molar-refractivity contribution is 0.574. The number of nitrogens with one attached hydrogen (secondary N) is 1. The van der Waals surface area contributed by atoms with Crippen LogP contribution in [0.25, 0.3) is 11.0 Å². The first-order valence-electron chi connectivity index (χ1n) is 11.0. The van der Waals surface area contributed by atoms with Crippen LogP contribution in [0.2, 0.25) is 0 Å². The molecule has 8 heteroatoms. The zero-order chi connectivity index (χ0) is 21.3. The number of rotatable bonds is 5. The molecule has 0 spiro atoms. The van der Waals surface area contributed by atoms with Gasteiger partial charge in [-0.2, -0.15) is 0 Å². The van der Waals surface area contributed by atoms with E-state index in [1.807, 2.05) is 48.5 Å². The van der Waals surface area contributed by atoms with E-state index >= 15 is 0 Å². The second-order valence-corrected chi connectivity index (χ2v) is 10.2. The number of nitrogens with zero attached hydrogens (tertiary/aromatic N) is 4. The lowest BCUT2D eigenvalue weighted by Gasteiger charge is -2.29. The van der Waals surface area contributed by atoms with Crippen LogP contribution in [0, 0.1) is 0 Å². The number of anilines is 3. The Morgan fingerprint density at radius 2 is 1.65 bits per heavy atom. The van der Waals surface area contributed by atoms with Crippen molar-refractivity contribution in [2.75, 3.05) is 39.9 Å². The molecule has 0 atom stereocenters. The molecule has 0 amide bonds. The summed E-state index contributed by atoms with van der Waals surface area (Å²) < 4.78 is 26.1. The van der Waals surface area contributed by atoms with Gasteiger partial charge in [-0.25, -0.2) is 18.4 Å². The minimum Gasteiger partial charge on any atom is -0.363 e. The van der Waals surface area contributed by atoms with Gasteiger partial charge in [0.15, 0.2) is 11.6 Å². The van der Waals surface area contributed by atoms with Crippen molar-refractivity contribution >= 4 is 38.4 Å². The lowest BCUT2D eigenvalue weighted by atomic mass is 10.1. The van der Waals surface area contributed by atoms with Crippen molar-refractivity contribution < 1.29 is 8.42 Å². The first-order valence-corrected chi connectivity index (χ1v) is 12.6. The fourth-order valence-electron chi connectivity index (χ4n) is 4.37. The van der Waals surface area contributed by atoms with Gasteiger partial charge in [0.25, 0.3) is 0 Å². The molecule has 5 rings (SSSR count). The Kier molecular flexibility index (Phi) is 5.40. The maximum absolute atomic E-state index is 12.3. The number of fused-ring (bicyclic) bond motifs is 1. The second kappa shape index (κ2) is 8.34. The fraction of sp³-hybridized carbons (Fsp3) is 0.391. The van der Waals surface area contributed by atoms with Crippen molar-refractivity contribution in [1.82, 2.24) is 9.97 Å². The highest BCUT2D eigenvalue weighted by Gasteiger charge is 2.28. The maximum atomic E-state index is 12.3. The molecule has 1 aromatic heterocycles. The summed E-state index contributed by atoms with van der Waals surface area (Å²) in [6.45, 7) is 3.08. The van der Waals surface area contributed by atoms with E-state index in [2.05, 4.69) is 10.2 Å². The van der Waals surface area contributed by atoms with E-state index < -0.39 is 10.0 Å². The molecule has 2 aliphatic rings. The highest BCUT2D eigenvalue weighted by Crippen LogP contribution is 2.29. The van der Waals surface area contributed by atoms with Gasteiger partial charge in [0.2, 0.25) is 10.0 Å². The molecule has 3 heterocycles. The molecule has 0 radical (unpaired) electrons. The van der Waals surface area contributed by atoms with E-state index in [1.54, 1.807) is 0 Å². The van der Waals surface area contributed by atoms with Crippen LogP contribution in [0.1, 0.15) is 31.2 Å². The Morgan fingerprint density at radius 3 is 2.39 bits per heavy atom. The van der Waals surface area contributed by atoms with Crippen molar-refractivity contribution in [2.45, 2.75) is 32.2 Å². The molecule has 0 aliphatic carbocycles. The van der Waals surface area contributed by atoms with Gasteiger partial charge >= 0.3 is 0 Å². The molecule has 162 valence electrons. The van der Waals surface area contributed by atoms with Gasteiger partial charge in [0, 0.05) is 26.2 Å². The van der Waals surface area contributed by atoms with Crippen LogP contribution in [0.5, 0.6) is 0 Å². The normalized spacial score (nSPS) is 18.5. The summed E-state index contributed by atoms with van der Waals surface area (Å²) in [4.78, 5) is 12.1. The van der Waals surface area contributed by atoms with Crippen LogP contribution in [-0.2, 0) is 16.6 Å². The molecule has 1 N–H and O–H groups in total. The number of benzene rings is 2. The van der Waals surface area contributed by atoms with Crippen LogP contribution in [0.4, 0.5) is 17.3 Å². The molecule has 2 saturated heterocycles. The van der Waals surface area contributed by atoms with Crippen LogP contribution >= 0.6 is 0 Å². The van der Waals surface area contributed by atoms with Crippen molar-refractivity contribution in [3.05, 3.63) is 54.1 Å². The van der Waals surface area contributed by atoms with E-state index in [-0.39, 0.29) is 5.75 Å². The Balaban J connectivity index is 1.42. The molecule has 0 saturated carbocycles. The average Bonchev–Trinajstić information content (AvgIpc) is 3.16. The fourth-order valence-corrected chi connectivity index (χ4v) is 5.93. The third-order valence-electron chi connectivity index (χ3n) is 5.97. The summed E-state index contributed by atoms with van der Waals surface area (Å²) in [5.41, 5.74) is 3.51. The largest absolute Gasteiger partial charge is 0.363 e. The highest BCUT2D eigenvalue weighted by atomic mass is 32.2. The molecular formula is C23H27N5O2S. The summed E-state index contributed by atoms with van der Waals surface area (Å²) in [5.74, 6) is 1.90. The van der Waals surface area contributed by atoms with E-state index in [9.17, 15) is 8.42 Å². The predicted octanol–water partition coefficient (Wildman–Crippen LogP) is 3.77. The van der Waals surface area contributed by atoms with Gasteiger partial charge in [-0.15, -0.1) is 0 Å². The Morgan fingerprint density at radius 1 is 0.871 bits per heavy atom. The third kappa shape index (κ3) is 4.17. The summed E-state index contributed by atoms with van der Waals surface area (Å²) in [5, 5.41) is 3.47. The van der Waals surface area contributed by atoms with Gasteiger partial charge in [-0.05, 0) is 55.5 Å². The molecule has 2 fully saturated rings. The van der Waals surface area contributed by atoms with Crippen molar-refractivity contribution in [3.8, 4) is 0 Å². The number of para-hydroxylation sites is 2. The number of sulfonamides is 1. The molecule has 7 nitrogen and oxygen atoms in total. The molecular weight excluding hydrogens is 410 g/mol. The smallest absolute Gasteiger partial charge is 0.235 e. The monoisotopic (exact) mass is 437 g/mol. The summed E-state index contributed by atoms with van der Waals surface area (Å²) in [6.07, 6.45) is 4.27. The molecule has 2 aromatic carbocycles. The minimum atomic E-state index is -3.19. The van der Waals surface area contributed by atoms with Crippen molar-refractivity contribution in [1.29, 1.82) is 0 Å². The molecule has 31 heavy (non-hydrogen) atoms. The van der Waals surface area contributed by atoms with E-state index in [1.165, 1.54) is 23.6 Å². The van der Waals surface area contributed by atoms with Gasteiger partial charge < -0.3 is 10.2 Å². The summed E-state index contributed by atoms with van der Waals surface area (Å²) >= 11 is 0. The topological polar surface area (TPSA) is 78.4 Å². The zero-order valence-corrected chi connectivity index (χ0v) is 18.3. The summed E-state index contributed by atoms with van der Waals surface area (Å²) in [6, 6.07) is 15.7. The second-order valence-electron chi connectivity index (χ2n) is 8.20. The third-order valence-corrected chi connectivity index (χ3v) is 7.84. The molecule has 2 aliphatic heterocycles. The first-order chi connectivity index (χ1) is 15.1. The summed E-state index contributed by atoms with van der Waals surface area (Å²) in [7, 11) is -3.19. The standard InChI is InChI=1S/C23H27N5O2S/c29-31(30)15-7-14-28(31)19-9-6-8-18(16-19)17-24-22-23(27-12-4-1-5-13-27)26-21-11-3-2-10-20(21)25-22/h2-3,6,8-11,16H,1,4-5,7,12-15,17H2,(H,24,25). The van der Waals surface area contributed by atoms with E-state index in [4.69, 9.17) is 9.97 Å². The van der Waals surface area contributed by atoms with Crippen molar-refractivity contribution in [2.24, 2.45) is 0 Å². The molecule has 0 bridgehead atoms. The quantitative estimate of drug-likeness (QED) is 0.655. The van der Waals surface area contributed by atoms with Crippen LogP contribution in [0.15, 0.2) is 48.5 Å². The predicted molar refractivity (Wildman–Crippen MR) is 125 cm³/mol. The van der Waals surface area contributed by atoms with Gasteiger partial charge in [0.1, 0.15) is 0 Å². The Labute approximate surface area is 183 Å². The van der Waals surface area contributed by atoms with Crippen LogP contribution < -0.4 is 14.5 Å².